The second kappa shape index (κ2) is 4.29. The van der Waals surface area contributed by atoms with Gasteiger partial charge in [0.2, 0.25) is 0 Å². The Labute approximate surface area is 95.5 Å². The molecule has 1 heterocycles. The van der Waals surface area contributed by atoms with E-state index < -0.39 is 6.23 Å². The minimum Gasteiger partial charge on any atom is -0.374 e. The summed E-state index contributed by atoms with van der Waals surface area (Å²) < 4.78 is 0. The smallest absolute Gasteiger partial charge is 0.127 e. The van der Waals surface area contributed by atoms with E-state index in [0.29, 0.717) is 5.92 Å². The van der Waals surface area contributed by atoms with Gasteiger partial charge in [-0.1, -0.05) is 42.5 Å². The van der Waals surface area contributed by atoms with Gasteiger partial charge in [-0.15, -0.1) is 0 Å². The number of thiocarbonyl (C=S) groups is 1. The van der Waals surface area contributed by atoms with Crippen LogP contribution in [0.1, 0.15) is 24.3 Å². The zero-order valence-electron chi connectivity index (χ0n) is 8.76. The van der Waals surface area contributed by atoms with Gasteiger partial charge in [-0.25, -0.2) is 0 Å². The molecule has 0 aliphatic carbocycles. The molecule has 0 radical (unpaired) electrons. The van der Waals surface area contributed by atoms with Crippen molar-refractivity contribution in [1.29, 1.82) is 0 Å². The highest BCUT2D eigenvalue weighted by Crippen LogP contribution is 2.31. The van der Waals surface area contributed by atoms with Gasteiger partial charge in [0.05, 0.1) is 4.99 Å². The van der Waals surface area contributed by atoms with Crippen molar-refractivity contribution in [3.05, 3.63) is 35.9 Å². The van der Waals surface area contributed by atoms with Crippen molar-refractivity contribution < 1.29 is 5.11 Å². The molecule has 1 aliphatic rings. The maximum atomic E-state index is 9.82. The molecule has 2 rings (SSSR count). The lowest BCUT2D eigenvalue weighted by atomic mass is 9.89. The van der Waals surface area contributed by atoms with Gasteiger partial charge >= 0.3 is 0 Å². The number of hydrogen-bond acceptors (Lipinski definition) is 2. The van der Waals surface area contributed by atoms with Gasteiger partial charge in [0.25, 0.3) is 0 Å². The van der Waals surface area contributed by atoms with Crippen LogP contribution < -0.4 is 0 Å². The summed E-state index contributed by atoms with van der Waals surface area (Å²) in [6, 6.07) is 10.3. The minimum atomic E-state index is -0.434. The first kappa shape index (κ1) is 10.6. The Balaban J connectivity index is 2.16. The van der Waals surface area contributed by atoms with Crippen molar-refractivity contribution in [2.24, 2.45) is 0 Å². The van der Waals surface area contributed by atoms with E-state index in [4.69, 9.17) is 12.2 Å². The predicted molar refractivity (Wildman–Crippen MR) is 64.8 cm³/mol. The number of nitrogens with zero attached hydrogens (tertiary/aromatic N) is 1. The van der Waals surface area contributed by atoms with E-state index in [1.807, 2.05) is 25.2 Å². The molecule has 0 saturated carbocycles. The lowest BCUT2D eigenvalue weighted by Crippen LogP contribution is -2.42. The third-order valence-corrected chi connectivity index (χ3v) is 3.48. The summed E-state index contributed by atoms with van der Waals surface area (Å²) in [4.78, 5) is 2.64. The first-order valence-corrected chi connectivity index (χ1v) is 5.58. The van der Waals surface area contributed by atoms with Crippen molar-refractivity contribution in [1.82, 2.24) is 4.90 Å². The van der Waals surface area contributed by atoms with Gasteiger partial charge in [-0.2, -0.15) is 0 Å². The molecule has 80 valence electrons. The molecule has 0 aromatic heterocycles. The first-order valence-electron chi connectivity index (χ1n) is 5.17. The van der Waals surface area contributed by atoms with Gasteiger partial charge in [-0.3, -0.25) is 0 Å². The molecule has 2 nitrogen and oxygen atoms in total. The molecule has 1 aromatic carbocycles. The topological polar surface area (TPSA) is 23.5 Å². The largest absolute Gasteiger partial charge is 0.374 e. The monoisotopic (exact) mass is 221 g/mol. The predicted octanol–water partition coefficient (Wildman–Crippen LogP) is 2.14. The molecule has 1 fully saturated rings. The number of likely N-dealkylation sites (tertiary alicyclic amines) is 1. The highest BCUT2D eigenvalue weighted by molar-refractivity contribution is 7.80. The molecule has 0 unspecified atom stereocenters. The second-order valence-electron chi connectivity index (χ2n) is 4.03. The fourth-order valence-corrected chi connectivity index (χ4v) is 2.32. The van der Waals surface area contributed by atoms with E-state index in [-0.39, 0.29) is 0 Å². The van der Waals surface area contributed by atoms with Gasteiger partial charge in [0.15, 0.2) is 0 Å². The zero-order chi connectivity index (χ0) is 10.8. The summed E-state index contributed by atoms with van der Waals surface area (Å²) in [6.07, 6.45) is 1.20. The Morgan fingerprint density at radius 2 is 2.00 bits per heavy atom. The Hall–Kier alpha value is -0.930. The Bertz CT molecular complexity index is 352. The molecule has 1 aliphatic heterocycles. The van der Waals surface area contributed by atoms with E-state index in [0.717, 1.165) is 17.8 Å². The van der Waals surface area contributed by atoms with Crippen molar-refractivity contribution in [3.8, 4) is 0 Å². The van der Waals surface area contributed by atoms with Gasteiger partial charge in [0, 0.05) is 13.5 Å². The highest BCUT2D eigenvalue weighted by atomic mass is 32.1. The maximum absolute atomic E-state index is 9.82. The molecule has 1 aromatic rings. The standard InChI is InChI=1S/C12H15NOS/c1-13-11(14)7-10(8-12(13)15)9-5-3-2-4-6-9/h2-6,10-11,14H,7-8H2,1H3/t10-,11-/m0/s1. The average molecular weight is 221 g/mol. The van der Waals surface area contributed by atoms with Crippen molar-refractivity contribution in [2.75, 3.05) is 7.05 Å². The summed E-state index contributed by atoms with van der Waals surface area (Å²) in [7, 11) is 1.86. The van der Waals surface area contributed by atoms with Crippen LogP contribution in [0.4, 0.5) is 0 Å². The molecule has 2 atom stereocenters. The van der Waals surface area contributed by atoms with E-state index in [1.54, 1.807) is 4.90 Å². The van der Waals surface area contributed by atoms with Crippen LogP contribution in [0, 0.1) is 0 Å². The Morgan fingerprint density at radius 1 is 1.33 bits per heavy atom. The fraction of sp³-hybridized carbons (Fsp3) is 0.417. The lowest BCUT2D eigenvalue weighted by Gasteiger charge is -2.35. The molecule has 15 heavy (non-hydrogen) atoms. The van der Waals surface area contributed by atoms with Crippen LogP contribution in [-0.2, 0) is 0 Å². The number of benzene rings is 1. The number of aliphatic hydroxyl groups excluding tert-OH is 1. The average Bonchev–Trinajstić information content (AvgIpc) is 2.26. The molecule has 1 N–H and O–H groups in total. The number of hydrogen-bond donors (Lipinski definition) is 1. The third kappa shape index (κ3) is 2.19. The van der Waals surface area contributed by atoms with Crippen molar-refractivity contribution >= 4 is 17.2 Å². The van der Waals surface area contributed by atoms with E-state index in [9.17, 15) is 5.11 Å². The van der Waals surface area contributed by atoms with Gasteiger partial charge in [-0.05, 0) is 17.9 Å². The van der Waals surface area contributed by atoms with Crippen LogP contribution in [0.3, 0.4) is 0 Å². The lowest BCUT2D eigenvalue weighted by molar-refractivity contribution is 0.0438. The van der Waals surface area contributed by atoms with E-state index in [1.165, 1.54) is 5.56 Å². The summed E-state index contributed by atoms with van der Waals surface area (Å²) in [5.74, 6) is 0.366. The van der Waals surface area contributed by atoms with Crippen LogP contribution in [0.15, 0.2) is 30.3 Å². The quantitative estimate of drug-likeness (QED) is 0.735. The van der Waals surface area contributed by atoms with E-state index >= 15 is 0 Å². The summed E-state index contributed by atoms with van der Waals surface area (Å²) in [5, 5.41) is 9.82. The summed E-state index contributed by atoms with van der Waals surface area (Å²) in [5.41, 5.74) is 1.27. The van der Waals surface area contributed by atoms with Crippen LogP contribution >= 0.6 is 12.2 Å². The van der Waals surface area contributed by atoms with Crippen LogP contribution in [0.5, 0.6) is 0 Å². The minimum absolute atomic E-state index is 0.366. The maximum Gasteiger partial charge on any atom is 0.127 e. The number of piperidine rings is 1. The Kier molecular flexibility index (Phi) is 3.03. The molecule has 0 spiro atoms. The molecule has 1 saturated heterocycles. The molecule has 0 amide bonds. The molecular weight excluding hydrogens is 206 g/mol. The van der Waals surface area contributed by atoms with E-state index in [2.05, 4.69) is 12.1 Å². The third-order valence-electron chi connectivity index (χ3n) is 3.03. The highest BCUT2D eigenvalue weighted by Gasteiger charge is 2.28. The second-order valence-corrected chi connectivity index (χ2v) is 4.50. The first-order chi connectivity index (χ1) is 7.18. The normalized spacial score (nSPS) is 26.8. The van der Waals surface area contributed by atoms with Crippen LogP contribution in [0.25, 0.3) is 0 Å². The van der Waals surface area contributed by atoms with Crippen molar-refractivity contribution in [3.63, 3.8) is 0 Å². The summed E-state index contributed by atoms with van der Waals surface area (Å²) >= 11 is 5.25. The SMILES string of the molecule is CN1C(=S)C[C@@H](c2ccccc2)C[C@@H]1O. The zero-order valence-corrected chi connectivity index (χ0v) is 9.57. The number of aliphatic hydroxyl groups is 1. The Morgan fingerprint density at radius 3 is 2.60 bits per heavy atom. The molecule has 0 bridgehead atoms. The number of rotatable bonds is 1. The van der Waals surface area contributed by atoms with Crippen molar-refractivity contribution in [2.45, 2.75) is 25.0 Å². The molecule has 3 heteroatoms. The molecular formula is C12H15NOS. The fourth-order valence-electron chi connectivity index (χ4n) is 2.00. The van der Waals surface area contributed by atoms with Crippen LogP contribution in [0.2, 0.25) is 0 Å². The van der Waals surface area contributed by atoms with Gasteiger partial charge in [0.1, 0.15) is 6.23 Å². The van der Waals surface area contributed by atoms with Gasteiger partial charge < -0.3 is 10.0 Å². The van der Waals surface area contributed by atoms with Crippen LogP contribution in [-0.4, -0.2) is 28.3 Å². The summed E-state index contributed by atoms with van der Waals surface area (Å²) in [6.45, 7) is 0.